The van der Waals surface area contributed by atoms with Crippen LogP contribution in [0, 0.1) is 0 Å². The van der Waals surface area contributed by atoms with Crippen molar-refractivity contribution in [1.82, 2.24) is 9.97 Å². The van der Waals surface area contributed by atoms with Crippen molar-refractivity contribution in [3.8, 4) is 23.0 Å². The zero-order valence-corrected chi connectivity index (χ0v) is 10.3. The Kier molecular flexibility index (Phi) is 3.74. The van der Waals surface area contributed by atoms with Crippen molar-refractivity contribution in [3.05, 3.63) is 36.0 Å². The molecule has 5 heteroatoms. The highest BCUT2D eigenvalue weighted by Crippen LogP contribution is 2.29. The van der Waals surface area contributed by atoms with Gasteiger partial charge in [-0.1, -0.05) is 18.2 Å². The number of aliphatic hydroxyl groups is 1. The van der Waals surface area contributed by atoms with Gasteiger partial charge in [0.05, 0.1) is 26.4 Å². The van der Waals surface area contributed by atoms with Crippen LogP contribution in [0.2, 0.25) is 0 Å². The van der Waals surface area contributed by atoms with E-state index >= 15 is 0 Å². The number of hydrogen-bond donors (Lipinski definition) is 1. The Balaban J connectivity index is 2.48. The molecule has 1 N–H and O–H groups in total. The van der Waals surface area contributed by atoms with E-state index in [4.69, 9.17) is 14.6 Å². The molecule has 0 fully saturated rings. The van der Waals surface area contributed by atoms with Crippen molar-refractivity contribution in [2.24, 2.45) is 0 Å². The van der Waals surface area contributed by atoms with E-state index in [0.29, 0.717) is 5.88 Å². The summed E-state index contributed by atoms with van der Waals surface area (Å²) in [6, 6.07) is 7.75. The molecule has 0 radical (unpaired) electrons. The van der Waals surface area contributed by atoms with E-state index in [1.54, 1.807) is 13.3 Å². The van der Waals surface area contributed by atoms with Crippen LogP contribution in [0.1, 0.15) is 5.56 Å². The van der Waals surface area contributed by atoms with Crippen molar-refractivity contribution < 1.29 is 14.6 Å². The van der Waals surface area contributed by atoms with E-state index in [1.165, 1.54) is 7.11 Å². The molecule has 0 atom stereocenters. The van der Waals surface area contributed by atoms with Crippen LogP contribution in [0.25, 0.3) is 11.1 Å². The lowest BCUT2D eigenvalue weighted by Crippen LogP contribution is -1.97. The molecule has 1 aromatic carbocycles. The maximum Gasteiger partial charge on any atom is 0.319 e. The first-order chi connectivity index (χ1) is 8.78. The molecule has 0 unspecified atom stereocenters. The first-order valence-corrected chi connectivity index (χ1v) is 5.43. The lowest BCUT2D eigenvalue weighted by atomic mass is 10.1. The molecule has 18 heavy (non-hydrogen) atoms. The van der Waals surface area contributed by atoms with Gasteiger partial charge < -0.3 is 14.6 Å². The summed E-state index contributed by atoms with van der Waals surface area (Å²) in [5.41, 5.74) is 2.47. The van der Waals surface area contributed by atoms with Gasteiger partial charge >= 0.3 is 6.01 Å². The molecular formula is C13H14N2O3. The normalized spacial score (nSPS) is 10.2. The fourth-order valence-corrected chi connectivity index (χ4v) is 1.64. The van der Waals surface area contributed by atoms with Gasteiger partial charge in [-0.05, 0) is 17.2 Å². The molecule has 0 saturated carbocycles. The van der Waals surface area contributed by atoms with Gasteiger partial charge in [-0.25, -0.2) is 4.98 Å². The van der Waals surface area contributed by atoms with Crippen molar-refractivity contribution in [1.29, 1.82) is 0 Å². The summed E-state index contributed by atoms with van der Waals surface area (Å²) in [6.07, 6.45) is 1.64. The van der Waals surface area contributed by atoms with Gasteiger partial charge in [0.1, 0.15) is 0 Å². The van der Waals surface area contributed by atoms with Crippen molar-refractivity contribution in [3.63, 3.8) is 0 Å². The summed E-state index contributed by atoms with van der Waals surface area (Å²) >= 11 is 0. The van der Waals surface area contributed by atoms with Crippen LogP contribution >= 0.6 is 0 Å². The molecule has 0 aliphatic heterocycles. The SMILES string of the molecule is COc1ncc(-c2cccc(CO)c2)c(OC)n1. The van der Waals surface area contributed by atoms with Crippen LogP contribution in [0.5, 0.6) is 11.9 Å². The highest BCUT2D eigenvalue weighted by Gasteiger charge is 2.10. The third-order valence-corrected chi connectivity index (χ3v) is 2.53. The molecule has 2 rings (SSSR count). The third kappa shape index (κ3) is 2.41. The minimum absolute atomic E-state index is 0.00678. The highest BCUT2D eigenvalue weighted by atomic mass is 16.5. The largest absolute Gasteiger partial charge is 0.480 e. The van der Waals surface area contributed by atoms with Gasteiger partial charge in [0.2, 0.25) is 5.88 Å². The van der Waals surface area contributed by atoms with Gasteiger partial charge in [0.25, 0.3) is 0 Å². The Hall–Kier alpha value is -2.14. The first kappa shape index (κ1) is 12.3. The number of rotatable bonds is 4. The topological polar surface area (TPSA) is 64.5 Å². The van der Waals surface area contributed by atoms with Crippen LogP contribution in [0.4, 0.5) is 0 Å². The Bertz CT molecular complexity index is 544. The zero-order valence-electron chi connectivity index (χ0n) is 10.3. The molecule has 1 aromatic heterocycles. The van der Waals surface area contributed by atoms with Gasteiger partial charge in [0, 0.05) is 6.20 Å². The van der Waals surface area contributed by atoms with Gasteiger partial charge in [-0.15, -0.1) is 0 Å². The Labute approximate surface area is 105 Å². The van der Waals surface area contributed by atoms with E-state index in [-0.39, 0.29) is 12.6 Å². The predicted molar refractivity (Wildman–Crippen MR) is 66.5 cm³/mol. The third-order valence-electron chi connectivity index (χ3n) is 2.53. The molecule has 0 spiro atoms. The second kappa shape index (κ2) is 5.46. The van der Waals surface area contributed by atoms with Crippen LogP contribution in [-0.4, -0.2) is 29.3 Å². The first-order valence-electron chi connectivity index (χ1n) is 5.43. The number of aromatic nitrogens is 2. The van der Waals surface area contributed by atoms with Crippen molar-refractivity contribution in [2.45, 2.75) is 6.61 Å². The Morgan fingerprint density at radius 1 is 1.22 bits per heavy atom. The molecule has 0 amide bonds. The predicted octanol–water partition coefficient (Wildman–Crippen LogP) is 1.65. The van der Waals surface area contributed by atoms with E-state index < -0.39 is 0 Å². The maximum atomic E-state index is 9.14. The molecule has 0 bridgehead atoms. The minimum Gasteiger partial charge on any atom is -0.480 e. The second-order valence-electron chi connectivity index (χ2n) is 3.64. The molecule has 5 nitrogen and oxygen atoms in total. The number of aliphatic hydroxyl groups excluding tert-OH is 1. The van der Waals surface area contributed by atoms with E-state index in [2.05, 4.69) is 9.97 Å². The number of ether oxygens (including phenoxy) is 2. The Morgan fingerprint density at radius 3 is 2.72 bits per heavy atom. The van der Waals surface area contributed by atoms with E-state index in [0.717, 1.165) is 16.7 Å². The van der Waals surface area contributed by atoms with Gasteiger partial charge in [0.15, 0.2) is 0 Å². The molecule has 2 aromatic rings. The monoisotopic (exact) mass is 246 g/mol. The number of hydrogen-bond acceptors (Lipinski definition) is 5. The van der Waals surface area contributed by atoms with Crippen LogP contribution in [0.3, 0.4) is 0 Å². The lowest BCUT2D eigenvalue weighted by molar-refractivity contribution is 0.282. The summed E-state index contributed by atoms with van der Waals surface area (Å²) < 4.78 is 10.2. The summed E-state index contributed by atoms with van der Waals surface area (Å²) in [5.74, 6) is 0.442. The van der Waals surface area contributed by atoms with Crippen molar-refractivity contribution in [2.75, 3.05) is 14.2 Å². The van der Waals surface area contributed by atoms with Gasteiger partial charge in [-0.2, -0.15) is 4.98 Å². The molecule has 0 saturated heterocycles. The maximum absolute atomic E-state index is 9.14. The Morgan fingerprint density at radius 2 is 2.06 bits per heavy atom. The number of methoxy groups -OCH3 is 2. The number of benzene rings is 1. The quantitative estimate of drug-likeness (QED) is 0.888. The summed E-state index contributed by atoms with van der Waals surface area (Å²) in [7, 11) is 3.04. The van der Waals surface area contributed by atoms with Gasteiger partial charge in [-0.3, -0.25) is 0 Å². The van der Waals surface area contributed by atoms with Crippen LogP contribution in [-0.2, 0) is 6.61 Å². The van der Waals surface area contributed by atoms with E-state index in [1.807, 2.05) is 24.3 Å². The van der Waals surface area contributed by atoms with Crippen molar-refractivity contribution >= 4 is 0 Å². The molecule has 1 heterocycles. The summed E-state index contributed by atoms with van der Waals surface area (Å²) in [6.45, 7) is -0.00678. The highest BCUT2D eigenvalue weighted by molar-refractivity contribution is 5.68. The lowest BCUT2D eigenvalue weighted by Gasteiger charge is -2.09. The number of nitrogens with zero attached hydrogens (tertiary/aromatic N) is 2. The van der Waals surface area contributed by atoms with Crippen LogP contribution < -0.4 is 9.47 Å². The second-order valence-corrected chi connectivity index (χ2v) is 3.64. The molecule has 0 aliphatic carbocycles. The zero-order chi connectivity index (χ0) is 13.0. The standard InChI is InChI=1S/C13H14N2O3/c1-17-12-11(7-14-13(15-12)18-2)10-5-3-4-9(6-10)8-16/h3-7,16H,8H2,1-2H3. The van der Waals surface area contributed by atoms with E-state index in [9.17, 15) is 0 Å². The molecule has 0 aliphatic rings. The molecule has 94 valence electrons. The summed E-state index contributed by atoms with van der Waals surface area (Å²) in [4.78, 5) is 8.19. The molecular weight excluding hydrogens is 232 g/mol. The summed E-state index contributed by atoms with van der Waals surface area (Å²) in [5, 5.41) is 9.14. The fourth-order valence-electron chi connectivity index (χ4n) is 1.64. The fraction of sp³-hybridized carbons (Fsp3) is 0.231. The average Bonchev–Trinajstić information content (AvgIpc) is 2.46. The minimum atomic E-state index is -0.00678. The van der Waals surface area contributed by atoms with Crippen LogP contribution in [0.15, 0.2) is 30.5 Å². The average molecular weight is 246 g/mol. The smallest absolute Gasteiger partial charge is 0.319 e.